The molecule has 0 fully saturated rings. The van der Waals surface area contributed by atoms with Gasteiger partial charge in [-0.3, -0.25) is 4.79 Å². The van der Waals surface area contributed by atoms with Crippen LogP contribution in [0.25, 0.3) is 10.8 Å². The largest absolute Gasteiger partial charge is 0.340 e. The van der Waals surface area contributed by atoms with E-state index in [4.69, 9.17) is 0 Å². The van der Waals surface area contributed by atoms with E-state index < -0.39 is 0 Å². The maximum atomic E-state index is 12.3. The Morgan fingerprint density at radius 1 is 1.13 bits per heavy atom. The van der Waals surface area contributed by atoms with Crippen molar-refractivity contribution in [3.8, 4) is 0 Å². The molecule has 0 unspecified atom stereocenters. The van der Waals surface area contributed by atoms with Crippen LogP contribution in [0.5, 0.6) is 0 Å². The highest BCUT2D eigenvalue weighted by Crippen LogP contribution is 2.24. The number of fused-ring (bicyclic) bond motifs is 1. The molecule has 0 aliphatic rings. The first-order valence-corrected chi connectivity index (χ1v) is 9.38. The van der Waals surface area contributed by atoms with Gasteiger partial charge in [-0.05, 0) is 46.8 Å². The van der Waals surface area contributed by atoms with Gasteiger partial charge >= 0.3 is 0 Å². The average Bonchev–Trinajstić information content (AvgIpc) is 2.97. The number of hydrogen-bond donors (Lipinski definition) is 0. The molecule has 3 rings (SSSR count). The van der Waals surface area contributed by atoms with Crippen molar-refractivity contribution in [1.29, 1.82) is 0 Å². The average molecular weight is 342 g/mol. The normalized spacial score (nSPS) is 10.9. The summed E-state index contributed by atoms with van der Waals surface area (Å²) in [6, 6.07) is 16.7. The molecule has 4 heteroatoms. The Hall–Kier alpha value is -1.78. The molecule has 1 heterocycles. The molecule has 0 atom stereocenters. The fourth-order valence-corrected chi connectivity index (χ4v) is 4.23. The number of rotatable bonds is 5. The van der Waals surface area contributed by atoms with E-state index >= 15 is 0 Å². The van der Waals surface area contributed by atoms with Gasteiger partial charge in [0, 0.05) is 16.8 Å². The lowest BCUT2D eigenvalue weighted by molar-refractivity contribution is -0.127. The summed E-state index contributed by atoms with van der Waals surface area (Å²) in [5.41, 5.74) is 1.26. The molecule has 0 N–H and O–H groups in total. The standard InChI is InChI=1S/C19H19NOS2/c1-14-9-10-22-18(14)12-20(2)19(21)13-23-17-8-7-15-5-3-4-6-16(15)11-17/h3-11H,12-13H2,1-2H3. The smallest absolute Gasteiger partial charge is 0.233 e. The van der Waals surface area contributed by atoms with Gasteiger partial charge in [0.2, 0.25) is 5.91 Å². The minimum Gasteiger partial charge on any atom is -0.340 e. The fourth-order valence-electron chi connectivity index (χ4n) is 2.38. The van der Waals surface area contributed by atoms with Crippen molar-refractivity contribution in [1.82, 2.24) is 4.90 Å². The summed E-state index contributed by atoms with van der Waals surface area (Å²) in [6.45, 7) is 2.79. The summed E-state index contributed by atoms with van der Waals surface area (Å²) in [5, 5.41) is 4.52. The molecule has 0 saturated carbocycles. The van der Waals surface area contributed by atoms with Crippen molar-refractivity contribution in [2.45, 2.75) is 18.4 Å². The third-order valence-corrected chi connectivity index (χ3v) is 5.84. The molecular weight excluding hydrogens is 322 g/mol. The Morgan fingerprint density at radius 2 is 1.91 bits per heavy atom. The van der Waals surface area contributed by atoms with Gasteiger partial charge in [-0.1, -0.05) is 30.3 Å². The summed E-state index contributed by atoms with van der Waals surface area (Å²) in [5.74, 6) is 0.634. The first-order chi connectivity index (χ1) is 11.1. The van der Waals surface area contributed by atoms with Crippen LogP contribution in [0.1, 0.15) is 10.4 Å². The van der Waals surface area contributed by atoms with E-state index in [-0.39, 0.29) is 5.91 Å². The monoisotopic (exact) mass is 341 g/mol. The molecule has 0 radical (unpaired) electrons. The summed E-state index contributed by atoms with van der Waals surface area (Å²) in [6.07, 6.45) is 0. The second-order valence-corrected chi connectivity index (χ2v) is 7.62. The number of hydrogen-bond acceptors (Lipinski definition) is 3. The van der Waals surface area contributed by atoms with Crippen LogP contribution >= 0.6 is 23.1 Å². The number of carbonyl (C=O) groups excluding carboxylic acids is 1. The van der Waals surface area contributed by atoms with E-state index in [0.717, 1.165) is 4.90 Å². The van der Waals surface area contributed by atoms with E-state index in [1.54, 1.807) is 23.1 Å². The highest BCUT2D eigenvalue weighted by atomic mass is 32.2. The summed E-state index contributed by atoms with van der Waals surface area (Å²) in [7, 11) is 1.88. The second-order valence-electron chi connectivity index (χ2n) is 5.57. The van der Waals surface area contributed by atoms with Crippen LogP contribution in [0.3, 0.4) is 0 Å². The van der Waals surface area contributed by atoms with Gasteiger partial charge in [0.25, 0.3) is 0 Å². The van der Waals surface area contributed by atoms with Crippen molar-refractivity contribution < 1.29 is 4.79 Å². The number of nitrogens with zero attached hydrogens (tertiary/aromatic N) is 1. The maximum absolute atomic E-state index is 12.3. The van der Waals surface area contributed by atoms with Crippen molar-refractivity contribution in [3.05, 3.63) is 64.4 Å². The van der Waals surface area contributed by atoms with Gasteiger partial charge in [-0.25, -0.2) is 0 Å². The van der Waals surface area contributed by atoms with Crippen LogP contribution in [0.2, 0.25) is 0 Å². The van der Waals surface area contributed by atoms with Crippen molar-refractivity contribution in [2.24, 2.45) is 0 Å². The van der Waals surface area contributed by atoms with Crippen molar-refractivity contribution in [3.63, 3.8) is 0 Å². The quantitative estimate of drug-likeness (QED) is 0.611. The molecule has 1 amide bonds. The van der Waals surface area contributed by atoms with E-state index in [1.807, 2.05) is 24.1 Å². The van der Waals surface area contributed by atoms with E-state index in [2.05, 4.69) is 48.7 Å². The second kappa shape index (κ2) is 7.20. The van der Waals surface area contributed by atoms with Gasteiger partial charge in [0.05, 0.1) is 12.3 Å². The summed E-state index contributed by atoms with van der Waals surface area (Å²) < 4.78 is 0. The molecule has 3 aromatic rings. The molecule has 118 valence electrons. The highest BCUT2D eigenvalue weighted by Gasteiger charge is 2.12. The number of aryl methyl sites for hydroxylation is 1. The van der Waals surface area contributed by atoms with Crippen LogP contribution in [0.15, 0.2) is 58.8 Å². The van der Waals surface area contributed by atoms with Crippen molar-refractivity contribution >= 4 is 39.8 Å². The van der Waals surface area contributed by atoms with Crippen molar-refractivity contribution in [2.75, 3.05) is 12.8 Å². The van der Waals surface area contributed by atoms with Gasteiger partial charge < -0.3 is 4.90 Å². The zero-order valence-electron chi connectivity index (χ0n) is 13.3. The zero-order valence-corrected chi connectivity index (χ0v) is 14.9. The lowest BCUT2D eigenvalue weighted by Crippen LogP contribution is -2.27. The third-order valence-electron chi connectivity index (χ3n) is 3.86. The van der Waals surface area contributed by atoms with Crippen LogP contribution in [-0.4, -0.2) is 23.6 Å². The van der Waals surface area contributed by atoms with E-state index in [0.29, 0.717) is 12.3 Å². The summed E-state index contributed by atoms with van der Waals surface area (Å²) in [4.78, 5) is 16.5. The predicted molar refractivity (Wildman–Crippen MR) is 100 cm³/mol. The molecule has 0 saturated heterocycles. The number of thiophene rings is 1. The Kier molecular flexibility index (Phi) is 5.03. The lowest BCUT2D eigenvalue weighted by Gasteiger charge is -2.16. The van der Waals surface area contributed by atoms with Gasteiger partial charge in [-0.2, -0.15) is 0 Å². The third kappa shape index (κ3) is 3.95. The molecular formula is C19H19NOS2. The highest BCUT2D eigenvalue weighted by molar-refractivity contribution is 8.00. The van der Waals surface area contributed by atoms with Gasteiger partial charge in [0.15, 0.2) is 0 Å². The molecule has 0 bridgehead atoms. The molecule has 1 aromatic heterocycles. The molecule has 2 aromatic carbocycles. The predicted octanol–water partition coefficient (Wildman–Crippen LogP) is 4.96. The minimum absolute atomic E-state index is 0.163. The SMILES string of the molecule is Cc1ccsc1CN(C)C(=O)CSc1ccc2ccccc2c1. The van der Waals surface area contributed by atoms with Gasteiger partial charge in [0.1, 0.15) is 0 Å². The Labute approximate surface area is 145 Å². The lowest BCUT2D eigenvalue weighted by atomic mass is 10.1. The number of thioether (sulfide) groups is 1. The maximum Gasteiger partial charge on any atom is 0.233 e. The molecule has 0 aliphatic heterocycles. The number of amides is 1. The van der Waals surface area contributed by atoms with Crippen LogP contribution in [0, 0.1) is 6.92 Å². The fraction of sp³-hybridized carbons (Fsp3) is 0.211. The zero-order chi connectivity index (χ0) is 16.2. The molecule has 0 aliphatic carbocycles. The Balaban J connectivity index is 1.60. The Morgan fingerprint density at radius 3 is 2.65 bits per heavy atom. The first-order valence-electron chi connectivity index (χ1n) is 7.52. The number of benzene rings is 2. The topological polar surface area (TPSA) is 20.3 Å². The van der Waals surface area contributed by atoms with Crippen LogP contribution in [-0.2, 0) is 11.3 Å². The first kappa shape index (κ1) is 16.1. The molecule has 0 spiro atoms. The van der Waals surface area contributed by atoms with E-state index in [1.165, 1.54) is 21.2 Å². The van der Waals surface area contributed by atoms with Crippen LogP contribution < -0.4 is 0 Å². The van der Waals surface area contributed by atoms with Gasteiger partial charge in [-0.15, -0.1) is 23.1 Å². The van der Waals surface area contributed by atoms with E-state index in [9.17, 15) is 4.79 Å². The minimum atomic E-state index is 0.163. The summed E-state index contributed by atoms with van der Waals surface area (Å²) >= 11 is 3.31. The molecule has 23 heavy (non-hydrogen) atoms. The molecule has 2 nitrogen and oxygen atoms in total. The Bertz CT molecular complexity index is 825. The van der Waals surface area contributed by atoms with Crippen LogP contribution in [0.4, 0.5) is 0 Å². The number of carbonyl (C=O) groups is 1.